The van der Waals surface area contributed by atoms with Gasteiger partial charge in [0.2, 0.25) is 0 Å². The van der Waals surface area contributed by atoms with Gasteiger partial charge in [-0.2, -0.15) is 0 Å². The number of rotatable bonds is 4. The van der Waals surface area contributed by atoms with Crippen molar-refractivity contribution in [1.29, 1.82) is 0 Å². The van der Waals surface area contributed by atoms with Crippen LogP contribution < -0.4 is 5.32 Å². The molecular formula is C27H29ClN4O. The molecule has 1 saturated carbocycles. The van der Waals surface area contributed by atoms with Crippen molar-refractivity contribution in [3.05, 3.63) is 70.1 Å². The van der Waals surface area contributed by atoms with E-state index in [9.17, 15) is 4.79 Å². The summed E-state index contributed by atoms with van der Waals surface area (Å²) in [6.07, 6.45) is 5.56. The molecule has 1 N–H and O–H groups in total. The van der Waals surface area contributed by atoms with E-state index in [0.29, 0.717) is 40.5 Å². The molecule has 1 aliphatic carbocycles. The summed E-state index contributed by atoms with van der Waals surface area (Å²) < 4.78 is 0. The van der Waals surface area contributed by atoms with E-state index < -0.39 is 0 Å². The van der Waals surface area contributed by atoms with Crippen molar-refractivity contribution in [2.45, 2.75) is 69.0 Å². The van der Waals surface area contributed by atoms with Gasteiger partial charge < -0.3 is 10.2 Å². The van der Waals surface area contributed by atoms with Crippen LogP contribution in [0.4, 0.5) is 0 Å². The van der Waals surface area contributed by atoms with Crippen molar-refractivity contribution >= 4 is 28.4 Å². The van der Waals surface area contributed by atoms with E-state index in [1.807, 2.05) is 49.2 Å². The van der Waals surface area contributed by atoms with Crippen molar-refractivity contribution in [3.8, 4) is 0 Å². The lowest BCUT2D eigenvalue weighted by Gasteiger charge is -2.35. The summed E-state index contributed by atoms with van der Waals surface area (Å²) in [5.74, 6) is 1.54. The van der Waals surface area contributed by atoms with E-state index in [1.54, 1.807) is 0 Å². The lowest BCUT2D eigenvalue weighted by Crippen LogP contribution is -2.48. The molecule has 2 bridgehead atoms. The third kappa shape index (κ3) is 3.81. The zero-order chi connectivity index (χ0) is 22.7. The number of carbonyl (C=O) groups is 1. The zero-order valence-corrected chi connectivity index (χ0v) is 19.8. The van der Waals surface area contributed by atoms with Gasteiger partial charge >= 0.3 is 0 Å². The first kappa shape index (κ1) is 21.1. The van der Waals surface area contributed by atoms with Crippen LogP contribution in [0.25, 0.3) is 10.9 Å². The van der Waals surface area contributed by atoms with Gasteiger partial charge in [-0.05, 0) is 68.7 Å². The monoisotopic (exact) mass is 460 g/mol. The Bertz CT molecular complexity index is 1230. The number of benzene rings is 2. The standard InChI is InChI=1S/C27H29ClN4O/c1-15-29-25-6-4-3-5-21(25)26(30-15)23-14-22(23)20-10-7-16(11-24(20)28)27(33)32(2)19-12-17-8-9-18(13-19)31-17/h3-7,10-11,17-19,22-23,31H,8-9,12-14H2,1-2H3/t17-,18+,19?,22-,23+/m1/s1. The Balaban J connectivity index is 1.21. The number of hydrogen-bond acceptors (Lipinski definition) is 4. The fourth-order valence-corrected chi connectivity index (χ4v) is 6.34. The van der Waals surface area contributed by atoms with Crippen LogP contribution in [0.1, 0.15) is 71.4 Å². The highest BCUT2D eigenvalue weighted by Gasteiger charge is 2.43. The van der Waals surface area contributed by atoms with E-state index in [0.717, 1.165) is 47.2 Å². The Morgan fingerprint density at radius 3 is 2.55 bits per heavy atom. The van der Waals surface area contributed by atoms with Gasteiger partial charge in [0.05, 0.1) is 11.2 Å². The van der Waals surface area contributed by atoms with Crippen molar-refractivity contribution < 1.29 is 4.79 Å². The normalized spacial score (nSPS) is 28.2. The highest BCUT2D eigenvalue weighted by atomic mass is 35.5. The molecule has 2 aliphatic heterocycles. The minimum atomic E-state index is 0.0690. The minimum Gasteiger partial charge on any atom is -0.339 e. The Kier molecular flexibility index (Phi) is 5.15. The van der Waals surface area contributed by atoms with Crippen LogP contribution in [-0.2, 0) is 0 Å². The maximum absolute atomic E-state index is 13.2. The van der Waals surface area contributed by atoms with Gasteiger partial charge in [0.25, 0.3) is 5.91 Å². The number of piperidine rings is 1. The van der Waals surface area contributed by atoms with Gasteiger partial charge in [0.15, 0.2) is 0 Å². The summed E-state index contributed by atoms with van der Waals surface area (Å²) in [5.41, 5.74) is 3.89. The van der Waals surface area contributed by atoms with Gasteiger partial charge in [-0.3, -0.25) is 4.79 Å². The van der Waals surface area contributed by atoms with Crippen molar-refractivity contribution in [3.63, 3.8) is 0 Å². The number of para-hydroxylation sites is 1. The number of fused-ring (bicyclic) bond motifs is 3. The summed E-state index contributed by atoms with van der Waals surface area (Å²) in [6.45, 7) is 1.95. The SMILES string of the molecule is Cc1nc([C@H]2C[C@@H]2c2ccc(C(=O)N(C)C3C[C@H]4CC[C@@H](C3)N4)cc2Cl)c2ccccc2n1. The van der Waals surface area contributed by atoms with Gasteiger partial charge in [-0.15, -0.1) is 0 Å². The molecule has 3 aromatic rings. The van der Waals surface area contributed by atoms with E-state index in [1.165, 1.54) is 12.8 Å². The number of halogens is 1. The van der Waals surface area contributed by atoms with Crippen LogP contribution in [0.3, 0.4) is 0 Å². The van der Waals surface area contributed by atoms with Crippen LogP contribution in [0, 0.1) is 6.92 Å². The van der Waals surface area contributed by atoms with E-state index in [-0.39, 0.29) is 5.91 Å². The molecule has 1 aromatic heterocycles. The number of carbonyl (C=O) groups excluding carboxylic acids is 1. The number of amides is 1. The molecule has 170 valence electrons. The summed E-state index contributed by atoms with van der Waals surface area (Å²) in [6, 6.07) is 15.5. The van der Waals surface area contributed by atoms with Crippen LogP contribution in [0.5, 0.6) is 0 Å². The van der Waals surface area contributed by atoms with Gasteiger partial charge in [0, 0.05) is 47.1 Å². The second kappa shape index (κ2) is 8.07. The van der Waals surface area contributed by atoms with Gasteiger partial charge in [-0.1, -0.05) is 35.9 Å². The van der Waals surface area contributed by atoms with E-state index in [4.69, 9.17) is 16.6 Å². The Labute approximate surface area is 199 Å². The first-order valence-electron chi connectivity index (χ1n) is 12.0. The number of nitrogens with one attached hydrogen (secondary N) is 1. The molecule has 0 radical (unpaired) electrons. The molecule has 0 spiro atoms. The lowest BCUT2D eigenvalue weighted by atomic mass is 9.97. The molecule has 1 amide bonds. The van der Waals surface area contributed by atoms with Crippen LogP contribution in [0.2, 0.25) is 5.02 Å². The van der Waals surface area contributed by atoms with Crippen LogP contribution in [0.15, 0.2) is 42.5 Å². The second-order valence-corrected chi connectivity index (χ2v) is 10.4. The van der Waals surface area contributed by atoms with Gasteiger partial charge in [0.1, 0.15) is 5.82 Å². The quantitative estimate of drug-likeness (QED) is 0.580. The molecular weight excluding hydrogens is 432 g/mol. The molecule has 6 heteroatoms. The molecule has 2 saturated heterocycles. The third-order valence-corrected chi connectivity index (χ3v) is 8.18. The Morgan fingerprint density at radius 1 is 1.03 bits per heavy atom. The number of aromatic nitrogens is 2. The highest BCUT2D eigenvalue weighted by molar-refractivity contribution is 6.31. The average molecular weight is 461 g/mol. The highest BCUT2D eigenvalue weighted by Crippen LogP contribution is 2.56. The zero-order valence-electron chi connectivity index (χ0n) is 19.1. The first-order valence-corrected chi connectivity index (χ1v) is 12.4. The van der Waals surface area contributed by atoms with Crippen molar-refractivity contribution in [1.82, 2.24) is 20.2 Å². The summed E-state index contributed by atoms with van der Waals surface area (Å²) >= 11 is 6.74. The summed E-state index contributed by atoms with van der Waals surface area (Å²) in [5, 5.41) is 5.46. The molecule has 2 aromatic carbocycles. The molecule has 3 fully saturated rings. The molecule has 1 unspecified atom stereocenters. The largest absolute Gasteiger partial charge is 0.339 e. The van der Waals surface area contributed by atoms with E-state index >= 15 is 0 Å². The average Bonchev–Trinajstić information content (AvgIpc) is 3.54. The Morgan fingerprint density at radius 2 is 1.79 bits per heavy atom. The fourth-order valence-electron chi connectivity index (χ4n) is 6.02. The maximum atomic E-state index is 13.2. The minimum absolute atomic E-state index is 0.0690. The smallest absolute Gasteiger partial charge is 0.253 e. The van der Waals surface area contributed by atoms with Crippen molar-refractivity contribution in [2.24, 2.45) is 0 Å². The number of hydrogen-bond donors (Lipinski definition) is 1. The first-order chi connectivity index (χ1) is 16.0. The van der Waals surface area contributed by atoms with Crippen molar-refractivity contribution in [2.75, 3.05) is 7.05 Å². The summed E-state index contributed by atoms with van der Waals surface area (Å²) in [7, 11) is 1.94. The second-order valence-electron chi connectivity index (χ2n) is 10.0. The molecule has 3 aliphatic rings. The van der Waals surface area contributed by atoms with Crippen LogP contribution in [-0.4, -0.2) is 45.9 Å². The molecule has 5 atom stereocenters. The maximum Gasteiger partial charge on any atom is 0.253 e. The third-order valence-electron chi connectivity index (χ3n) is 7.85. The summed E-state index contributed by atoms with van der Waals surface area (Å²) in [4.78, 5) is 24.5. The predicted molar refractivity (Wildman–Crippen MR) is 131 cm³/mol. The van der Waals surface area contributed by atoms with Gasteiger partial charge in [-0.25, -0.2) is 9.97 Å². The predicted octanol–water partition coefficient (Wildman–Crippen LogP) is 5.22. The number of aryl methyl sites for hydroxylation is 1. The number of nitrogens with zero attached hydrogens (tertiary/aromatic N) is 3. The Hall–Kier alpha value is -2.50. The molecule has 5 nitrogen and oxygen atoms in total. The van der Waals surface area contributed by atoms with Crippen LogP contribution >= 0.6 is 11.6 Å². The molecule has 3 heterocycles. The lowest BCUT2D eigenvalue weighted by molar-refractivity contribution is 0.0681. The molecule has 6 rings (SSSR count). The topological polar surface area (TPSA) is 58.1 Å². The van der Waals surface area contributed by atoms with E-state index in [2.05, 4.69) is 22.4 Å². The molecule has 33 heavy (non-hydrogen) atoms. The fraction of sp³-hybridized carbons (Fsp3) is 0.444.